The Morgan fingerprint density at radius 1 is 1.41 bits per heavy atom. The van der Waals surface area contributed by atoms with Crippen molar-refractivity contribution in [2.24, 2.45) is 10.7 Å². The topological polar surface area (TPSA) is 109 Å². The lowest BCUT2D eigenvalue weighted by molar-refractivity contribution is -0.0302. The van der Waals surface area contributed by atoms with Crippen molar-refractivity contribution in [3.8, 4) is 0 Å². The van der Waals surface area contributed by atoms with Crippen molar-refractivity contribution in [1.29, 1.82) is 0 Å². The molecule has 0 aromatic carbocycles. The molecular formula is C12H19ClN5O3S+. The van der Waals surface area contributed by atoms with Gasteiger partial charge in [0.15, 0.2) is 12.0 Å². The number of rotatable bonds is 3. The Kier molecular flexibility index (Phi) is 4.36. The maximum atomic E-state index is 10.3. The minimum Gasteiger partial charge on any atom is -0.387 e. The normalized spacial score (nSPS) is 34.5. The van der Waals surface area contributed by atoms with E-state index in [0.29, 0.717) is 17.3 Å². The van der Waals surface area contributed by atoms with Crippen molar-refractivity contribution >= 4 is 34.8 Å². The highest BCUT2D eigenvalue weighted by molar-refractivity contribution is 7.95. The van der Waals surface area contributed by atoms with Gasteiger partial charge in [-0.25, -0.2) is 9.98 Å². The number of aliphatic imine (C=N–C) groups is 1. The zero-order valence-corrected chi connectivity index (χ0v) is 13.8. The summed E-state index contributed by atoms with van der Waals surface area (Å²) >= 11 is 5.89. The number of nitrogens with two attached hydrogens (primary N) is 1. The molecule has 3 unspecified atom stereocenters. The predicted molar refractivity (Wildman–Crippen MR) is 85.0 cm³/mol. The van der Waals surface area contributed by atoms with Crippen LogP contribution in [0.1, 0.15) is 18.1 Å². The van der Waals surface area contributed by atoms with Gasteiger partial charge in [0.05, 0.1) is 18.8 Å². The molecule has 1 saturated heterocycles. The van der Waals surface area contributed by atoms with Crippen molar-refractivity contribution in [3.63, 3.8) is 0 Å². The zero-order chi connectivity index (χ0) is 16.0. The molecule has 4 N–H and O–H groups in total. The molecule has 8 nitrogen and oxygen atoms in total. The Hall–Kier alpha value is -0.840. The summed E-state index contributed by atoms with van der Waals surface area (Å²) in [5, 5.41) is 20.5. The smallest absolute Gasteiger partial charge is 0.165 e. The van der Waals surface area contributed by atoms with Gasteiger partial charge in [-0.1, -0.05) is 0 Å². The maximum Gasteiger partial charge on any atom is 0.165 e. The van der Waals surface area contributed by atoms with Gasteiger partial charge in [0.2, 0.25) is 0 Å². The number of fused-ring (bicyclic) bond motifs is 1. The van der Waals surface area contributed by atoms with E-state index in [-0.39, 0.29) is 10.9 Å². The molecular weight excluding hydrogens is 330 g/mol. The van der Waals surface area contributed by atoms with Crippen LogP contribution in [0, 0.1) is 0 Å². The van der Waals surface area contributed by atoms with Gasteiger partial charge in [0, 0.05) is 11.8 Å². The Morgan fingerprint density at radius 3 is 2.82 bits per heavy atom. The minimum atomic E-state index is -1.05. The Bertz CT molecular complexity index is 583. The van der Waals surface area contributed by atoms with E-state index in [9.17, 15) is 10.2 Å². The molecule has 0 spiro atoms. The third-order valence-electron chi connectivity index (χ3n) is 3.74. The van der Waals surface area contributed by atoms with Crippen LogP contribution in [0.5, 0.6) is 0 Å². The Balaban J connectivity index is 1.88. The van der Waals surface area contributed by atoms with E-state index < -0.39 is 30.7 Å². The number of imidazole rings is 1. The molecule has 3 heterocycles. The summed E-state index contributed by atoms with van der Waals surface area (Å²) in [7, 11) is 0.0901. The summed E-state index contributed by atoms with van der Waals surface area (Å²) in [6, 6.07) is 0. The summed E-state index contributed by atoms with van der Waals surface area (Å²) < 4.78 is 8.65. The maximum absolute atomic E-state index is 10.3. The van der Waals surface area contributed by atoms with Crippen LogP contribution in [-0.4, -0.2) is 67.1 Å². The van der Waals surface area contributed by atoms with Crippen molar-refractivity contribution in [2.75, 3.05) is 18.3 Å². The first-order chi connectivity index (χ1) is 10.4. The van der Waals surface area contributed by atoms with Crippen LogP contribution in [0.2, 0.25) is 0 Å². The van der Waals surface area contributed by atoms with E-state index in [1.54, 1.807) is 4.57 Å². The lowest BCUT2D eigenvalue weighted by Crippen LogP contribution is -2.35. The number of halogens is 1. The van der Waals surface area contributed by atoms with Gasteiger partial charge in [-0.15, -0.1) is 0 Å². The second kappa shape index (κ2) is 5.99. The lowest BCUT2D eigenvalue weighted by atomic mass is 10.1. The van der Waals surface area contributed by atoms with E-state index in [0.717, 1.165) is 0 Å². The highest BCUT2D eigenvalue weighted by atomic mass is 35.5. The zero-order valence-electron chi connectivity index (χ0n) is 12.2. The van der Waals surface area contributed by atoms with Crippen molar-refractivity contribution in [3.05, 3.63) is 12.0 Å². The van der Waals surface area contributed by atoms with Gasteiger partial charge in [-0.3, -0.25) is 8.99 Å². The summed E-state index contributed by atoms with van der Waals surface area (Å²) in [4.78, 5) is 8.40. The Morgan fingerprint density at radius 2 is 2.14 bits per heavy atom. The molecule has 10 heteroatoms. The average molecular weight is 349 g/mol. The van der Waals surface area contributed by atoms with Crippen LogP contribution in [0.3, 0.4) is 0 Å². The summed E-state index contributed by atoms with van der Waals surface area (Å²) in [6.45, 7) is 0. The molecule has 2 aliphatic heterocycles. The number of aromatic nitrogens is 2. The van der Waals surface area contributed by atoms with Crippen LogP contribution in [0.4, 0.5) is 5.82 Å². The second-order valence-corrected chi connectivity index (χ2v) is 8.29. The molecule has 0 saturated carbocycles. The first kappa shape index (κ1) is 16.0. The van der Waals surface area contributed by atoms with Crippen LogP contribution >= 0.6 is 11.8 Å². The van der Waals surface area contributed by atoms with Gasteiger partial charge in [-0.05, 0) is 10.9 Å². The van der Waals surface area contributed by atoms with E-state index in [4.69, 9.17) is 22.2 Å². The number of hydrogen-bond acceptors (Lipinski definition) is 7. The number of nitrogens with zero attached hydrogens (tertiary/aromatic N) is 4. The fourth-order valence-electron chi connectivity index (χ4n) is 2.62. The van der Waals surface area contributed by atoms with E-state index in [1.165, 1.54) is 17.1 Å². The number of hydrogen-bond donors (Lipinski definition) is 3. The third-order valence-corrected chi connectivity index (χ3v) is 5.03. The molecule has 0 radical (unpaired) electrons. The van der Waals surface area contributed by atoms with E-state index in [1.807, 2.05) is 0 Å². The quantitative estimate of drug-likeness (QED) is 0.500. The molecule has 22 heavy (non-hydrogen) atoms. The molecule has 0 amide bonds. The largest absolute Gasteiger partial charge is 0.387 e. The average Bonchev–Trinajstić information content (AvgIpc) is 2.99. The Labute approximate surface area is 136 Å². The van der Waals surface area contributed by atoms with Gasteiger partial charge in [0.1, 0.15) is 42.3 Å². The minimum absolute atomic E-state index is 0.0901. The SMILES string of the molecule is C[S+](C)C[C@H]1O[C@@H](n2cnc3c2N=CN(Cl)C3N)C(O)C1O. The highest BCUT2D eigenvalue weighted by Crippen LogP contribution is 2.37. The molecule has 5 atom stereocenters. The number of ether oxygens (including phenoxy) is 1. The van der Waals surface area contributed by atoms with Gasteiger partial charge in [0.25, 0.3) is 0 Å². The highest BCUT2D eigenvalue weighted by Gasteiger charge is 2.46. The van der Waals surface area contributed by atoms with Crippen molar-refractivity contribution < 1.29 is 14.9 Å². The summed E-state index contributed by atoms with van der Waals surface area (Å²) in [5.74, 6) is 1.16. The van der Waals surface area contributed by atoms with Crippen LogP contribution in [-0.2, 0) is 15.6 Å². The molecule has 122 valence electrons. The summed E-state index contributed by atoms with van der Waals surface area (Å²) in [5.41, 5.74) is 6.43. The van der Waals surface area contributed by atoms with Gasteiger partial charge < -0.3 is 20.7 Å². The molecule has 0 bridgehead atoms. The van der Waals surface area contributed by atoms with Crippen LogP contribution < -0.4 is 5.73 Å². The van der Waals surface area contributed by atoms with Gasteiger partial charge in [-0.2, -0.15) is 0 Å². The number of aliphatic hydroxyl groups is 2. The lowest BCUT2D eigenvalue weighted by Gasteiger charge is -2.23. The van der Waals surface area contributed by atoms with E-state index in [2.05, 4.69) is 22.5 Å². The van der Waals surface area contributed by atoms with Crippen molar-refractivity contribution in [2.45, 2.75) is 30.7 Å². The van der Waals surface area contributed by atoms with E-state index >= 15 is 0 Å². The predicted octanol–water partition coefficient (Wildman–Crippen LogP) is -0.533. The summed E-state index contributed by atoms with van der Waals surface area (Å²) in [6.07, 6.45) is 3.24. The third kappa shape index (κ3) is 2.61. The monoisotopic (exact) mass is 348 g/mol. The van der Waals surface area contributed by atoms with Crippen LogP contribution in [0.15, 0.2) is 11.3 Å². The molecule has 3 rings (SSSR count). The fraction of sp³-hybridized carbons (Fsp3) is 0.667. The number of aliphatic hydroxyl groups excluding tert-OH is 2. The van der Waals surface area contributed by atoms with Crippen LogP contribution in [0.25, 0.3) is 0 Å². The first-order valence-electron chi connectivity index (χ1n) is 6.76. The van der Waals surface area contributed by atoms with Crippen molar-refractivity contribution in [1.82, 2.24) is 14.0 Å². The van der Waals surface area contributed by atoms with Gasteiger partial charge >= 0.3 is 0 Å². The molecule has 1 aromatic heterocycles. The molecule has 0 aliphatic carbocycles. The first-order valence-corrected chi connectivity index (χ1v) is 9.31. The fourth-order valence-corrected chi connectivity index (χ4v) is 3.69. The standard InChI is InChI=1S/C12H19ClN5O3S/c1-22(2)3-6-8(19)9(20)12(21-6)17-4-15-7-10(14)18(13)5-16-11(7)17/h4-6,8-10,12,19-20H,3,14H2,1-2H3/q+1/t6-,8?,9?,10?,12-/m1/s1. The molecule has 2 aliphatic rings. The molecule has 1 aromatic rings. The molecule has 1 fully saturated rings. The second-order valence-electron chi connectivity index (χ2n) is 5.59.